The van der Waals surface area contributed by atoms with E-state index >= 15 is 0 Å². The normalized spacial score (nSPS) is 11.5. The molecule has 0 saturated heterocycles. The summed E-state index contributed by atoms with van der Waals surface area (Å²) in [6, 6.07) is 10.8. The first-order chi connectivity index (χ1) is 13.8. The molecule has 1 N–H and O–H groups in total. The van der Waals surface area contributed by atoms with Gasteiger partial charge in [-0.05, 0) is 68.1 Å². The van der Waals surface area contributed by atoms with Gasteiger partial charge in [0, 0.05) is 13.6 Å². The van der Waals surface area contributed by atoms with Crippen molar-refractivity contribution < 1.29 is 19.1 Å². The Bertz CT molecular complexity index is 879. The number of carbonyl (C=O) groups excluding carboxylic acids is 2. The van der Waals surface area contributed by atoms with Crippen LogP contribution in [0.15, 0.2) is 36.4 Å². The smallest absolute Gasteiger partial charge is 0.261 e. The van der Waals surface area contributed by atoms with Gasteiger partial charge in [-0.15, -0.1) is 0 Å². The summed E-state index contributed by atoms with van der Waals surface area (Å²) in [4.78, 5) is 26.7. The minimum absolute atomic E-state index is 0.144. The molecule has 2 rings (SSSR count). The van der Waals surface area contributed by atoms with E-state index in [-0.39, 0.29) is 25.0 Å². The van der Waals surface area contributed by atoms with E-state index in [0.717, 1.165) is 22.3 Å². The first-order valence-corrected chi connectivity index (χ1v) is 9.61. The van der Waals surface area contributed by atoms with Gasteiger partial charge in [0.15, 0.2) is 6.61 Å². The van der Waals surface area contributed by atoms with Crippen molar-refractivity contribution in [2.24, 2.45) is 0 Å². The Morgan fingerprint density at radius 1 is 1.14 bits per heavy atom. The molecule has 29 heavy (non-hydrogen) atoms. The fraction of sp³-hybridized carbons (Fsp3) is 0.391. The molecule has 156 valence electrons. The lowest BCUT2D eigenvalue weighted by atomic mass is 10.1. The summed E-state index contributed by atoms with van der Waals surface area (Å²) in [5.41, 5.74) is 4.06. The van der Waals surface area contributed by atoms with Crippen molar-refractivity contribution in [2.45, 2.75) is 40.3 Å². The van der Waals surface area contributed by atoms with E-state index in [1.807, 2.05) is 51.1 Å². The number of carbonyl (C=O) groups is 2. The predicted octanol–water partition coefficient (Wildman–Crippen LogP) is 3.16. The van der Waals surface area contributed by atoms with E-state index in [2.05, 4.69) is 11.4 Å². The monoisotopic (exact) mass is 398 g/mol. The molecule has 1 unspecified atom stereocenters. The Morgan fingerprint density at radius 2 is 1.86 bits per heavy atom. The number of likely N-dealkylation sites (N-methyl/N-ethyl adjacent to an activating group) is 1. The topological polar surface area (TPSA) is 67.9 Å². The Kier molecular flexibility index (Phi) is 7.65. The second-order valence-electron chi connectivity index (χ2n) is 7.16. The molecule has 6 heteroatoms. The van der Waals surface area contributed by atoms with Gasteiger partial charge < -0.3 is 19.7 Å². The van der Waals surface area contributed by atoms with Gasteiger partial charge in [0.1, 0.15) is 17.5 Å². The number of nitrogens with one attached hydrogen (secondary N) is 1. The summed E-state index contributed by atoms with van der Waals surface area (Å²) in [5, 5.41) is 2.61. The van der Waals surface area contributed by atoms with Crippen LogP contribution in [0.5, 0.6) is 11.5 Å². The van der Waals surface area contributed by atoms with Crippen molar-refractivity contribution in [1.82, 2.24) is 10.2 Å². The summed E-state index contributed by atoms with van der Waals surface area (Å²) < 4.78 is 11.1. The maximum Gasteiger partial charge on any atom is 0.261 e. The van der Waals surface area contributed by atoms with E-state index in [1.165, 1.54) is 4.90 Å². The Hall–Kier alpha value is -3.02. The molecule has 0 aliphatic heterocycles. The number of benzene rings is 2. The van der Waals surface area contributed by atoms with Crippen molar-refractivity contribution in [2.75, 3.05) is 20.8 Å². The molecule has 0 radical (unpaired) electrons. The number of ether oxygens (including phenoxy) is 2. The van der Waals surface area contributed by atoms with Gasteiger partial charge in [-0.3, -0.25) is 9.59 Å². The van der Waals surface area contributed by atoms with Crippen LogP contribution < -0.4 is 14.8 Å². The van der Waals surface area contributed by atoms with Gasteiger partial charge in [-0.2, -0.15) is 0 Å². The van der Waals surface area contributed by atoms with Crippen molar-refractivity contribution in [1.29, 1.82) is 0 Å². The Labute approximate surface area is 172 Å². The average Bonchev–Trinajstić information content (AvgIpc) is 2.72. The van der Waals surface area contributed by atoms with Crippen LogP contribution in [0.2, 0.25) is 0 Å². The molecule has 6 nitrogen and oxygen atoms in total. The molecule has 2 aromatic rings. The average molecular weight is 399 g/mol. The van der Waals surface area contributed by atoms with Gasteiger partial charge in [0.05, 0.1) is 7.11 Å². The third kappa shape index (κ3) is 5.73. The first-order valence-electron chi connectivity index (χ1n) is 9.61. The minimum Gasteiger partial charge on any atom is -0.497 e. The zero-order valence-electron chi connectivity index (χ0n) is 18.0. The van der Waals surface area contributed by atoms with Crippen LogP contribution >= 0.6 is 0 Å². The molecule has 0 saturated carbocycles. The van der Waals surface area contributed by atoms with Crippen molar-refractivity contribution >= 4 is 11.8 Å². The maximum absolute atomic E-state index is 13.0. The van der Waals surface area contributed by atoms with Gasteiger partial charge in [-0.1, -0.05) is 18.2 Å². The summed E-state index contributed by atoms with van der Waals surface area (Å²) in [5.74, 6) is 0.890. The molecule has 1 atom stereocenters. The zero-order valence-corrected chi connectivity index (χ0v) is 18.0. The zero-order chi connectivity index (χ0) is 21.6. The summed E-state index contributed by atoms with van der Waals surface area (Å²) in [7, 11) is 3.15. The molecular weight excluding hydrogens is 368 g/mol. The number of rotatable bonds is 8. The molecule has 0 heterocycles. The van der Waals surface area contributed by atoms with E-state index < -0.39 is 6.04 Å². The maximum atomic E-state index is 13.0. The second-order valence-corrected chi connectivity index (χ2v) is 7.16. The third-order valence-electron chi connectivity index (χ3n) is 5.02. The van der Waals surface area contributed by atoms with Gasteiger partial charge >= 0.3 is 0 Å². The van der Waals surface area contributed by atoms with Crippen molar-refractivity contribution in [3.63, 3.8) is 0 Å². The van der Waals surface area contributed by atoms with Gasteiger partial charge in [0.25, 0.3) is 5.91 Å². The molecule has 2 aromatic carbocycles. The lowest BCUT2D eigenvalue weighted by molar-refractivity contribution is -0.142. The van der Waals surface area contributed by atoms with Gasteiger partial charge in [-0.25, -0.2) is 0 Å². The number of hydrogen-bond acceptors (Lipinski definition) is 4. The highest BCUT2D eigenvalue weighted by molar-refractivity contribution is 5.87. The number of amides is 2. The largest absolute Gasteiger partial charge is 0.497 e. The lowest BCUT2D eigenvalue weighted by Crippen LogP contribution is -2.48. The molecular formula is C23H30N2O4. The number of hydrogen-bond donors (Lipinski definition) is 1. The quantitative estimate of drug-likeness (QED) is 0.742. The van der Waals surface area contributed by atoms with Crippen LogP contribution in [-0.4, -0.2) is 43.5 Å². The van der Waals surface area contributed by atoms with E-state index in [0.29, 0.717) is 11.5 Å². The van der Waals surface area contributed by atoms with Gasteiger partial charge in [0.2, 0.25) is 5.91 Å². The fourth-order valence-corrected chi connectivity index (χ4v) is 3.13. The van der Waals surface area contributed by atoms with E-state index in [1.54, 1.807) is 21.1 Å². The number of aryl methyl sites for hydroxylation is 2. The number of methoxy groups -OCH3 is 1. The SMILES string of the molecule is CNC(=O)C(C)N(Cc1cccc(OC)c1)C(=O)COc1cc(C)cc(C)c1C. The highest BCUT2D eigenvalue weighted by atomic mass is 16.5. The number of nitrogens with zero attached hydrogens (tertiary/aromatic N) is 1. The van der Waals surface area contributed by atoms with Crippen LogP contribution in [0.3, 0.4) is 0 Å². The van der Waals surface area contributed by atoms with E-state index in [4.69, 9.17) is 9.47 Å². The molecule has 2 amide bonds. The highest BCUT2D eigenvalue weighted by Gasteiger charge is 2.26. The van der Waals surface area contributed by atoms with E-state index in [9.17, 15) is 9.59 Å². The van der Waals surface area contributed by atoms with Crippen LogP contribution in [-0.2, 0) is 16.1 Å². The van der Waals surface area contributed by atoms with Crippen LogP contribution in [0.25, 0.3) is 0 Å². The predicted molar refractivity (Wildman–Crippen MR) is 113 cm³/mol. The Morgan fingerprint density at radius 3 is 2.52 bits per heavy atom. The molecule has 0 fully saturated rings. The summed E-state index contributed by atoms with van der Waals surface area (Å²) >= 11 is 0. The molecule has 0 aliphatic carbocycles. The molecule has 0 spiro atoms. The molecule has 0 bridgehead atoms. The van der Waals surface area contributed by atoms with Crippen LogP contribution in [0.4, 0.5) is 0 Å². The summed E-state index contributed by atoms with van der Waals surface area (Å²) in [6.07, 6.45) is 0. The molecule has 0 aromatic heterocycles. The lowest BCUT2D eigenvalue weighted by Gasteiger charge is -2.28. The van der Waals surface area contributed by atoms with Crippen molar-refractivity contribution in [3.8, 4) is 11.5 Å². The Balaban J connectivity index is 2.21. The minimum atomic E-state index is -0.636. The fourth-order valence-electron chi connectivity index (χ4n) is 3.13. The second kappa shape index (κ2) is 9.96. The van der Waals surface area contributed by atoms with Crippen molar-refractivity contribution in [3.05, 3.63) is 58.7 Å². The first kappa shape index (κ1) is 22.3. The van der Waals surface area contributed by atoms with Crippen LogP contribution in [0, 0.1) is 20.8 Å². The highest BCUT2D eigenvalue weighted by Crippen LogP contribution is 2.23. The molecule has 0 aliphatic rings. The summed E-state index contributed by atoms with van der Waals surface area (Å²) in [6.45, 7) is 7.81. The standard InChI is InChI=1S/C23H30N2O4/c1-15-10-16(2)17(3)21(11-15)29-14-22(26)25(18(4)23(27)24-5)13-19-8-7-9-20(12-19)28-6/h7-12,18H,13-14H2,1-6H3,(H,24,27). The third-order valence-corrected chi connectivity index (χ3v) is 5.02. The van der Waals surface area contributed by atoms with Crippen LogP contribution in [0.1, 0.15) is 29.2 Å².